The molecule has 5 rings (SSSR count). The zero-order valence-electron chi connectivity index (χ0n) is 19.3. The van der Waals surface area contributed by atoms with Gasteiger partial charge in [-0.1, -0.05) is 18.2 Å². The number of aromatic nitrogens is 2. The molecule has 0 unspecified atom stereocenters. The molecule has 9 heteroatoms. The van der Waals surface area contributed by atoms with Crippen LogP contribution in [0.3, 0.4) is 0 Å². The summed E-state index contributed by atoms with van der Waals surface area (Å²) in [5.41, 5.74) is 1.52. The third-order valence-electron chi connectivity index (χ3n) is 7.04. The SMILES string of the molecule is CN(C)C(=O)[C@@H]1[C@@H](CO)[C@@H]2Cn3c(ccc(-c4ccc(F)cc4)c3=O)[C@@H]2N1C(=O)c1ccccn1. The molecule has 1 aromatic carbocycles. The van der Waals surface area contributed by atoms with Crippen molar-refractivity contribution in [3.05, 3.63) is 88.4 Å². The Morgan fingerprint density at radius 2 is 1.86 bits per heavy atom. The van der Waals surface area contributed by atoms with Gasteiger partial charge in [0.2, 0.25) is 5.91 Å². The first-order valence-corrected chi connectivity index (χ1v) is 11.4. The Hall–Kier alpha value is -3.85. The summed E-state index contributed by atoms with van der Waals surface area (Å²) in [6.07, 6.45) is 1.51. The Labute approximate surface area is 201 Å². The Balaban J connectivity index is 1.64. The Morgan fingerprint density at radius 3 is 2.49 bits per heavy atom. The molecule has 4 atom stereocenters. The number of rotatable bonds is 4. The summed E-state index contributed by atoms with van der Waals surface area (Å²) < 4.78 is 15.0. The average Bonchev–Trinajstić information content (AvgIpc) is 3.39. The van der Waals surface area contributed by atoms with Gasteiger partial charge in [-0.25, -0.2) is 4.39 Å². The standard InChI is InChI=1S/C26H25FN4O4/c1-29(2)26(35)23-19(14-32)18-13-30-21(22(18)31(23)25(34)20-5-3-4-12-28-20)11-10-17(24(30)33)15-6-8-16(27)9-7-15/h3-12,18-19,22-23,32H,13-14H2,1-2H3/t18-,19-,22+,23-/m0/s1. The molecule has 35 heavy (non-hydrogen) atoms. The summed E-state index contributed by atoms with van der Waals surface area (Å²) in [6.45, 7) is -0.0622. The van der Waals surface area contributed by atoms with Crippen molar-refractivity contribution in [2.75, 3.05) is 20.7 Å². The molecule has 0 saturated carbocycles. The molecular weight excluding hydrogens is 451 g/mol. The van der Waals surface area contributed by atoms with Crippen molar-refractivity contribution >= 4 is 11.8 Å². The van der Waals surface area contributed by atoms with Crippen molar-refractivity contribution < 1.29 is 19.1 Å². The van der Waals surface area contributed by atoms with Gasteiger partial charge in [0.25, 0.3) is 11.5 Å². The predicted octanol–water partition coefficient (Wildman–Crippen LogP) is 1.94. The highest BCUT2D eigenvalue weighted by Crippen LogP contribution is 2.50. The van der Waals surface area contributed by atoms with Crippen LogP contribution in [0, 0.1) is 17.7 Å². The lowest BCUT2D eigenvalue weighted by atomic mass is 9.88. The van der Waals surface area contributed by atoms with E-state index in [4.69, 9.17) is 0 Å². The number of aliphatic hydroxyl groups excluding tert-OH is 1. The van der Waals surface area contributed by atoms with Crippen molar-refractivity contribution in [3.8, 4) is 11.1 Å². The van der Waals surface area contributed by atoms with Crippen LogP contribution in [0.2, 0.25) is 0 Å². The summed E-state index contributed by atoms with van der Waals surface area (Å²) in [5.74, 6) is -2.01. The van der Waals surface area contributed by atoms with Gasteiger partial charge in [0.05, 0.1) is 6.04 Å². The number of halogens is 1. The largest absolute Gasteiger partial charge is 0.396 e. The molecule has 1 saturated heterocycles. The molecule has 2 aliphatic heterocycles. The second-order valence-corrected chi connectivity index (χ2v) is 9.15. The summed E-state index contributed by atoms with van der Waals surface area (Å²) in [5, 5.41) is 10.3. The highest BCUT2D eigenvalue weighted by Gasteiger charge is 2.57. The first kappa shape index (κ1) is 22.9. The van der Waals surface area contributed by atoms with Crippen molar-refractivity contribution in [1.29, 1.82) is 0 Å². The van der Waals surface area contributed by atoms with Crippen molar-refractivity contribution in [2.45, 2.75) is 18.6 Å². The minimum absolute atomic E-state index is 0.185. The number of amides is 2. The summed E-state index contributed by atoms with van der Waals surface area (Å²) >= 11 is 0. The van der Waals surface area contributed by atoms with Gasteiger partial charge in [-0.05, 0) is 42.0 Å². The van der Waals surface area contributed by atoms with Crippen LogP contribution >= 0.6 is 0 Å². The monoisotopic (exact) mass is 476 g/mol. The molecule has 4 heterocycles. The smallest absolute Gasteiger partial charge is 0.273 e. The van der Waals surface area contributed by atoms with E-state index < -0.39 is 29.7 Å². The third-order valence-corrected chi connectivity index (χ3v) is 7.04. The topological polar surface area (TPSA) is 95.7 Å². The number of pyridine rings is 2. The fourth-order valence-corrected chi connectivity index (χ4v) is 5.43. The quantitative estimate of drug-likeness (QED) is 0.621. The fraction of sp³-hybridized carbons (Fsp3) is 0.308. The van der Waals surface area contributed by atoms with E-state index in [2.05, 4.69) is 4.98 Å². The lowest BCUT2D eigenvalue weighted by molar-refractivity contribution is -0.134. The molecule has 2 aliphatic rings. The van der Waals surface area contributed by atoms with Crippen LogP contribution in [0.5, 0.6) is 0 Å². The second-order valence-electron chi connectivity index (χ2n) is 9.15. The van der Waals surface area contributed by atoms with Gasteiger partial charge in [-0.3, -0.25) is 19.4 Å². The number of hydrogen-bond acceptors (Lipinski definition) is 5. The number of carbonyl (C=O) groups excluding carboxylic acids is 2. The van der Waals surface area contributed by atoms with E-state index in [1.54, 1.807) is 61.1 Å². The van der Waals surface area contributed by atoms with Gasteiger partial charge in [0, 0.05) is 56.5 Å². The van der Waals surface area contributed by atoms with E-state index in [1.807, 2.05) is 0 Å². The maximum absolute atomic E-state index is 13.7. The Morgan fingerprint density at radius 1 is 1.11 bits per heavy atom. The number of hydrogen-bond donors (Lipinski definition) is 1. The Bertz CT molecular complexity index is 1340. The molecule has 0 bridgehead atoms. The van der Waals surface area contributed by atoms with Crippen LogP contribution in [0.15, 0.2) is 65.6 Å². The Kier molecular flexibility index (Phi) is 5.72. The van der Waals surface area contributed by atoms with Crippen molar-refractivity contribution in [1.82, 2.24) is 19.4 Å². The number of aliphatic hydroxyl groups is 1. The molecular formula is C26H25FN4O4. The van der Waals surface area contributed by atoms with Gasteiger partial charge in [0.1, 0.15) is 17.6 Å². The number of fused-ring (bicyclic) bond motifs is 3. The summed E-state index contributed by atoms with van der Waals surface area (Å²) in [4.78, 5) is 47.5. The lowest BCUT2D eigenvalue weighted by Gasteiger charge is -2.32. The highest BCUT2D eigenvalue weighted by molar-refractivity contribution is 5.97. The predicted molar refractivity (Wildman–Crippen MR) is 126 cm³/mol. The third kappa shape index (κ3) is 3.63. The van der Waals surface area contributed by atoms with Crippen LogP contribution in [0.4, 0.5) is 4.39 Å². The van der Waals surface area contributed by atoms with Crippen LogP contribution in [0.25, 0.3) is 11.1 Å². The minimum Gasteiger partial charge on any atom is -0.396 e. The normalized spacial score (nSPS) is 22.6. The average molecular weight is 477 g/mol. The minimum atomic E-state index is -0.889. The fourth-order valence-electron chi connectivity index (χ4n) is 5.43. The van der Waals surface area contributed by atoms with Gasteiger partial charge >= 0.3 is 0 Å². The van der Waals surface area contributed by atoms with Crippen LogP contribution in [0.1, 0.15) is 22.2 Å². The molecule has 3 aromatic rings. The number of likely N-dealkylation sites (N-methyl/N-ethyl adjacent to an activating group) is 1. The number of benzene rings is 1. The van der Waals surface area contributed by atoms with Gasteiger partial charge in [-0.15, -0.1) is 0 Å². The van der Waals surface area contributed by atoms with E-state index >= 15 is 0 Å². The van der Waals surface area contributed by atoms with Crippen LogP contribution in [-0.4, -0.2) is 63.0 Å². The van der Waals surface area contributed by atoms with Gasteiger partial charge in [0.15, 0.2) is 0 Å². The zero-order valence-corrected chi connectivity index (χ0v) is 19.3. The summed E-state index contributed by atoms with van der Waals surface area (Å²) in [6, 6.07) is 12.7. The molecule has 2 amide bonds. The first-order chi connectivity index (χ1) is 16.8. The number of likely N-dealkylation sites (tertiary alicyclic amines) is 1. The molecule has 0 spiro atoms. The molecule has 1 N–H and O–H groups in total. The van der Waals surface area contributed by atoms with Crippen LogP contribution in [-0.2, 0) is 11.3 Å². The van der Waals surface area contributed by atoms with Crippen molar-refractivity contribution in [3.63, 3.8) is 0 Å². The molecule has 0 aliphatic carbocycles. The first-order valence-electron chi connectivity index (χ1n) is 11.4. The molecule has 1 fully saturated rings. The maximum Gasteiger partial charge on any atom is 0.273 e. The zero-order chi connectivity index (χ0) is 24.9. The van der Waals surface area contributed by atoms with E-state index in [9.17, 15) is 23.9 Å². The highest BCUT2D eigenvalue weighted by atomic mass is 19.1. The molecule has 8 nitrogen and oxygen atoms in total. The van der Waals surface area contributed by atoms with Crippen molar-refractivity contribution in [2.24, 2.45) is 11.8 Å². The van der Waals surface area contributed by atoms with Gasteiger partial charge in [-0.2, -0.15) is 0 Å². The number of carbonyl (C=O) groups is 2. The van der Waals surface area contributed by atoms with E-state index in [-0.39, 0.29) is 36.2 Å². The molecule has 2 aromatic heterocycles. The lowest BCUT2D eigenvalue weighted by Crippen LogP contribution is -2.50. The van der Waals surface area contributed by atoms with E-state index in [0.717, 1.165) is 0 Å². The number of nitrogens with zero attached hydrogens (tertiary/aromatic N) is 4. The summed E-state index contributed by atoms with van der Waals surface area (Å²) in [7, 11) is 3.23. The molecule has 0 radical (unpaired) electrons. The van der Waals surface area contributed by atoms with Gasteiger partial charge < -0.3 is 19.5 Å². The van der Waals surface area contributed by atoms with E-state index in [0.29, 0.717) is 16.8 Å². The molecule has 180 valence electrons. The van der Waals surface area contributed by atoms with E-state index in [1.165, 1.54) is 28.1 Å². The maximum atomic E-state index is 13.7. The van der Waals surface area contributed by atoms with Crippen LogP contribution < -0.4 is 5.56 Å². The second kappa shape index (κ2) is 8.74.